The average molecular weight is 880 g/mol. The summed E-state index contributed by atoms with van der Waals surface area (Å²) in [5.41, 5.74) is 10.9. The Bertz CT molecular complexity index is 2850. The van der Waals surface area contributed by atoms with Crippen LogP contribution in [-0.4, -0.2) is 3.21 Å². The molecule has 0 aliphatic rings. The van der Waals surface area contributed by atoms with Crippen molar-refractivity contribution in [3.8, 4) is 22.3 Å². The summed E-state index contributed by atoms with van der Waals surface area (Å²) < 4.78 is 1.60. The summed E-state index contributed by atoms with van der Waals surface area (Å²) in [5.74, 6) is 0. The van der Waals surface area contributed by atoms with E-state index < -0.39 is 0 Å². The van der Waals surface area contributed by atoms with Gasteiger partial charge < -0.3 is 0 Å². The molecule has 0 saturated carbocycles. The largest absolute Gasteiger partial charge is 0.214 e. The fourth-order valence-corrected chi connectivity index (χ4v) is 9.78. The zero-order valence-corrected chi connectivity index (χ0v) is 39.5. The Morgan fingerprint density at radius 3 is 1.18 bits per heavy atom. The van der Waals surface area contributed by atoms with Crippen molar-refractivity contribution < 1.29 is 24.2 Å². The van der Waals surface area contributed by atoms with Gasteiger partial charge in [-0.15, -0.1) is 39.7 Å². The molecule has 0 nitrogen and oxygen atoms in total. The smallest absolute Gasteiger partial charge is 0.172 e. The Morgan fingerprint density at radius 1 is 0.403 bits per heavy atom. The molecule has 10 aromatic rings. The Morgan fingerprint density at radius 2 is 0.790 bits per heavy atom. The predicted octanol–water partition coefficient (Wildman–Crippen LogP) is 16.5. The van der Waals surface area contributed by atoms with E-state index in [1.54, 1.807) is 27.4 Å². The third-order valence-corrected chi connectivity index (χ3v) is 12.7. The van der Waals surface area contributed by atoms with Crippen LogP contribution in [0, 0.1) is 0 Å². The van der Waals surface area contributed by atoms with Crippen molar-refractivity contribution in [3.63, 3.8) is 0 Å². The summed E-state index contributed by atoms with van der Waals surface area (Å²) in [4.78, 5) is 0. The van der Waals surface area contributed by atoms with E-state index in [0.29, 0.717) is 0 Å². The van der Waals surface area contributed by atoms with Crippen LogP contribution in [-0.2, 0) is 47.9 Å². The van der Waals surface area contributed by atoms with E-state index in [2.05, 4.69) is 217 Å². The van der Waals surface area contributed by atoms with Gasteiger partial charge >= 0.3 is 112 Å². The Labute approximate surface area is 384 Å². The molecule has 0 saturated heterocycles. The second-order valence-electron chi connectivity index (χ2n) is 18.6. The normalized spacial score (nSPS) is 11.6. The Balaban J connectivity index is 0.000000207. The van der Waals surface area contributed by atoms with Crippen molar-refractivity contribution in [2.24, 2.45) is 0 Å². The summed E-state index contributed by atoms with van der Waals surface area (Å²) in [6, 6.07) is 74.6. The Hall–Kier alpha value is -5.75. The molecule has 0 amide bonds. The minimum Gasteiger partial charge on any atom is -0.214 e. The zero-order valence-electron chi connectivity index (χ0n) is 37.0. The van der Waals surface area contributed by atoms with Gasteiger partial charge in [0.1, 0.15) is 0 Å². The molecule has 0 heterocycles. The van der Waals surface area contributed by atoms with Gasteiger partial charge in [0.2, 0.25) is 0 Å². The molecular weight excluding hydrogens is 824 g/mol. The van der Waals surface area contributed by atoms with Gasteiger partial charge in [-0.2, -0.15) is 18.2 Å². The standard InChI is InChI=1S/C41H37.C15H14.C5H5.Zr/c1-40(2,3)38-24-34-28(22-36(38)32-19-11-15-26-13-7-9-17-30(26)32)21-29-23-37(39(25-35(29)34)41(4,5)6)33-20-12-16-27-14-8-10-18-31(27)33;1-3-8-14(9-4-1)12-7-13-15-10-5-2-6-11-15;1-2-4-5-3-1;/h7-25H,1-6H3;1-6,8-11H,12-13H2;1-5H;/q-1;;-1;+2. The van der Waals surface area contributed by atoms with Gasteiger partial charge in [-0.3, -0.25) is 0 Å². The summed E-state index contributed by atoms with van der Waals surface area (Å²) in [7, 11) is 0. The molecule has 304 valence electrons. The molecule has 10 aromatic carbocycles. The van der Waals surface area contributed by atoms with Gasteiger partial charge in [-0.05, 0) is 65.8 Å². The molecule has 62 heavy (non-hydrogen) atoms. The monoisotopic (exact) mass is 878 g/mol. The number of benzene rings is 8. The molecule has 0 aliphatic carbocycles. The van der Waals surface area contributed by atoms with Crippen LogP contribution in [0.1, 0.15) is 63.8 Å². The van der Waals surface area contributed by atoms with Crippen LogP contribution in [0.2, 0.25) is 0 Å². The molecule has 0 N–H and O–H groups in total. The molecule has 0 fully saturated rings. The fraction of sp³-hybridized carbons (Fsp3) is 0.164. The van der Waals surface area contributed by atoms with Gasteiger partial charge in [-0.25, -0.2) is 12.1 Å². The van der Waals surface area contributed by atoms with Crippen molar-refractivity contribution in [3.05, 3.63) is 229 Å². The van der Waals surface area contributed by atoms with Crippen LogP contribution in [0.25, 0.3) is 65.3 Å². The van der Waals surface area contributed by atoms with Crippen LogP contribution >= 0.6 is 0 Å². The van der Waals surface area contributed by atoms with Crippen LogP contribution < -0.4 is 0 Å². The summed E-state index contributed by atoms with van der Waals surface area (Å²) in [5, 5.41) is 10.5. The van der Waals surface area contributed by atoms with E-state index in [-0.39, 0.29) is 10.8 Å². The van der Waals surface area contributed by atoms with E-state index in [1.165, 1.54) is 87.6 Å². The van der Waals surface area contributed by atoms with Gasteiger partial charge in [0.15, 0.2) is 0 Å². The maximum absolute atomic E-state index is 2.48. The second kappa shape index (κ2) is 18.7. The van der Waals surface area contributed by atoms with Crippen LogP contribution in [0.5, 0.6) is 0 Å². The van der Waals surface area contributed by atoms with E-state index in [4.69, 9.17) is 0 Å². The molecule has 1 heteroatoms. The average Bonchev–Trinajstić information content (AvgIpc) is 3.98. The molecule has 0 radical (unpaired) electrons. The van der Waals surface area contributed by atoms with Crippen molar-refractivity contribution in [1.82, 2.24) is 0 Å². The zero-order chi connectivity index (χ0) is 43.3. The first kappa shape index (κ1) is 42.9. The maximum Gasteiger partial charge on any atom is -0.172 e. The topological polar surface area (TPSA) is 0 Å². The predicted molar refractivity (Wildman–Crippen MR) is 268 cm³/mol. The second-order valence-corrected chi connectivity index (χ2v) is 20.3. The SMILES string of the molecule is CC(C)(C)c1cc2c(cc1-c1cccc3ccccc13)[cH-]c1cc(-c3cccc4ccccc34)c(C(C)(C)C)cc12.[Zr+2]=[C](Cc1ccccc1)Cc1ccccc1.c1cc[cH-]c1. The van der Waals surface area contributed by atoms with Crippen molar-refractivity contribution in [2.75, 3.05) is 0 Å². The molecule has 0 bridgehead atoms. The van der Waals surface area contributed by atoms with Gasteiger partial charge in [0.25, 0.3) is 0 Å². The minimum absolute atomic E-state index is 0.000185. The molecule has 0 atom stereocenters. The quantitative estimate of drug-likeness (QED) is 0.146. The maximum atomic E-state index is 2.48. The number of hydrogen-bond donors (Lipinski definition) is 0. The third-order valence-electron chi connectivity index (χ3n) is 11.8. The van der Waals surface area contributed by atoms with Crippen molar-refractivity contribution in [2.45, 2.75) is 65.2 Å². The molecule has 0 spiro atoms. The van der Waals surface area contributed by atoms with Crippen LogP contribution in [0.3, 0.4) is 0 Å². The van der Waals surface area contributed by atoms with E-state index in [0.717, 1.165) is 12.8 Å². The number of fused-ring (bicyclic) bond motifs is 5. The molecule has 0 unspecified atom stereocenters. The summed E-state index contributed by atoms with van der Waals surface area (Å²) in [6.07, 6.45) is 2.24. The van der Waals surface area contributed by atoms with E-state index in [1.807, 2.05) is 30.3 Å². The summed E-state index contributed by atoms with van der Waals surface area (Å²) >= 11 is 1.55. The van der Waals surface area contributed by atoms with Crippen molar-refractivity contribution in [1.29, 1.82) is 0 Å². The third kappa shape index (κ3) is 9.81. The Kier molecular flexibility index (Phi) is 12.9. The van der Waals surface area contributed by atoms with Crippen LogP contribution in [0.4, 0.5) is 0 Å². The molecule has 0 aromatic heterocycles. The molecule has 0 aliphatic heterocycles. The number of hydrogen-bond acceptors (Lipinski definition) is 0. The first-order chi connectivity index (χ1) is 29.9. The minimum atomic E-state index is -0.000185. The van der Waals surface area contributed by atoms with Crippen LogP contribution in [0.15, 0.2) is 206 Å². The van der Waals surface area contributed by atoms with E-state index >= 15 is 0 Å². The fourth-order valence-electron chi connectivity index (χ4n) is 8.78. The van der Waals surface area contributed by atoms with Crippen molar-refractivity contribution >= 4 is 46.3 Å². The summed E-state index contributed by atoms with van der Waals surface area (Å²) in [6.45, 7) is 14.0. The first-order valence-corrected chi connectivity index (χ1v) is 23.2. The molecular formula is C61H56Zr. The molecule has 10 rings (SSSR count). The number of rotatable bonds is 6. The van der Waals surface area contributed by atoms with Gasteiger partial charge in [0.05, 0.1) is 0 Å². The first-order valence-electron chi connectivity index (χ1n) is 21.9. The van der Waals surface area contributed by atoms with Gasteiger partial charge in [-0.1, -0.05) is 139 Å². The van der Waals surface area contributed by atoms with E-state index in [9.17, 15) is 0 Å². The van der Waals surface area contributed by atoms with Gasteiger partial charge in [0, 0.05) is 0 Å².